The Labute approximate surface area is 123 Å². The number of anilines is 2. The van der Waals surface area contributed by atoms with E-state index >= 15 is 0 Å². The molecule has 0 saturated carbocycles. The van der Waals surface area contributed by atoms with Crippen molar-refractivity contribution in [2.75, 3.05) is 25.3 Å². The van der Waals surface area contributed by atoms with E-state index < -0.39 is 5.97 Å². The van der Waals surface area contributed by atoms with Crippen molar-refractivity contribution in [3.8, 4) is 5.75 Å². The van der Waals surface area contributed by atoms with Gasteiger partial charge in [0.05, 0.1) is 31.2 Å². The third-order valence-electron chi connectivity index (χ3n) is 3.17. The fourth-order valence-electron chi connectivity index (χ4n) is 2.05. The summed E-state index contributed by atoms with van der Waals surface area (Å²) in [6.07, 6.45) is 0. The molecule has 0 aliphatic rings. The van der Waals surface area contributed by atoms with Crippen molar-refractivity contribution in [1.29, 1.82) is 0 Å². The molecule has 0 aromatic heterocycles. The predicted molar refractivity (Wildman–Crippen MR) is 82.5 cm³/mol. The van der Waals surface area contributed by atoms with Gasteiger partial charge in [0, 0.05) is 12.1 Å². The van der Waals surface area contributed by atoms with Crippen LogP contribution in [0.4, 0.5) is 11.4 Å². The van der Waals surface area contributed by atoms with Gasteiger partial charge in [-0.05, 0) is 18.2 Å². The molecule has 0 aliphatic carbocycles. The molecule has 0 spiro atoms. The molecule has 0 unspecified atom stereocenters. The molecule has 0 atom stereocenters. The Morgan fingerprint density at radius 3 is 2.62 bits per heavy atom. The number of nitrogens with two attached hydrogens (primary N) is 1. The number of hydrogen-bond acceptors (Lipinski definition) is 5. The Kier molecular flexibility index (Phi) is 4.66. The van der Waals surface area contributed by atoms with Crippen LogP contribution < -0.4 is 15.8 Å². The summed E-state index contributed by atoms with van der Waals surface area (Å²) in [5, 5.41) is 3.21. The second-order valence-electron chi connectivity index (χ2n) is 4.42. The number of para-hydroxylation sites is 2. The summed E-state index contributed by atoms with van der Waals surface area (Å²) in [5.74, 6) is 0.348. The van der Waals surface area contributed by atoms with E-state index in [1.165, 1.54) is 7.11 Å². The lowest BCUT2D eigenvalue weighted by Gasteiger charge is -2.13. The van der Waals surface area contributed by atoms with Crippen LogP contribution >= 0.6 is 0 Å². The second kappa shape index (κ2) is 6.65. The first-order valence-corrected chi connectivity index (χ1v) is 6.50. The summed E-state index contributed by atoms with van der Waals surface area (Å²) in [6, 6.07) is 12.9. The van der Waals surface area contributed by atoms with Crippen LogP contribution in [0.2, 0.25) is 0 Å². The first-order valence-electron chi connectivity index (χ1n) is 6.50. The van der Waals surface area contributed by atoms with Crippen LogP contribution in [0.15, 0.2) is 42.5 Å². The number of nitrogens with one attached hydrogen (secondary N) is 1. The van der Waals surface area contributed by atoms with Gasteiger partial charge in [0.25, 0.3) is 0 Å². The normalized spacial score (nSPS) is 10.0. The zero-order valence-electron chi connectivity index (χ0n) is 12.1. The van der Waals surface area contributed by atoms with Gasteiger partial charge in [0.15, 0.2) is 0 Å². The Hall–Kier alpha value is -2.69. The van der Waals surface area contributed by atoms with E-state index in [0.29, 0.717) is 23.5 Å². The predicted octanol–water partition coefficient (Wildman–Crippen LogP) is 2.68. The van der Waals surface area contributed by atoms with Crippen LogP contribution in [-0.4, -0.2) is 20.2 Å². The molecule has 110 valence electrons. The number of carbonyl (C=O) groups is 1. The lowest BCUT2D eigenvalue weighted by molar-refractivity contribution is 0.0602. The van der Waals surface area contributed by atoms with Crippen molar-refractivity contribution in [1.82, 2.24) is 0 Å². The molecule has 0 aliphatic heterocycles. The molecule has 0 fully saturated rings. The maximum absolute atomic E-state index is 11.6. The molecule has 0 heterocycles. The summed E-state index contributed by atoms with van der Waals surface area (Å²) in [6.45, 7) is 0.541. The zero-order valence-corrected chi connectivity index (χ0v) is 12.1. The Bertz CT molecular complexity index is 641. The fraction of sp³-hybridized carbons (Fsp3) is 0.188. The van der Waals surface area contributed by atoms with Crippen LogP contribution in [0, 0.1) is 0 Å². The number of benzene rings is 2. The number of ether oxygens (including phenoxy) is 2. The molecule has 3 N–H and O–H groups in total. The topological polar surface area (TPSA) is 73.6 Å². The van der Waals surface area contributed by atoms with Crippen LogP contribution in [-0.2, 0) is 11.3 Å². The largest absolute Gasteiger partial charge is 0.496 e. The molecule has 2 aromatic carbocycles. The number of esters is 1. The van der Waals surface area contributed by atoms with Crippen LogP contribution in [0.1, 0.15) is 15.9 Å². The lowest BCUT2D eigenvalue weighted by Crippen LogP contribution is -2.09. The van der Waals surface area contributed by atoms with E-state index in [-0.39, 0.29) is 0 Å². The van der Waals surface area contributed by atoms with E-state index in [1.54, 1.807) is 19.2 Å². The smallest absolute Gasteiger partial charge is 0.340 e. The molecule has 2 aromatic rings. The molecular weight excluding hydrogens is 268 g/mol. The molecule has 0 saturated heterocycles. The monoisotopic (exact) mass is 286 g/mol. The van der Waals surface area contributed by atoms with Crippen LogP contribution in [0.3, 0.4) is 0 Å². The first-order chi connectivity index (χ1) is 10.2. The minimum atomic E-state index is -0.451. The third kappa shape index (κ3) is 3.25. The van der Waals surface area contributed by atoms with Crippen molar-refractivity contribution >= 4 is 17.3 Å². The third-order valence-corrected chi connectivity index (χ3v) is 3.17. The van der Waals surface area contributed by atoms with Crippen LogP contribution in [0.25, 0.3) is 0 Å². The zero-order chi connectivity index (χ0) is 15.2. The summed E-state index contributed by atoms with van der Waals surface area (Å²) >= 11 is 0. The lowest BCUT2D eigenvalue weighted by atomic mass is 10.1. The van der Waals surface area contributed by atoms with E-state index in [4.69, 9.17) is 15.2 Å². The highest BCUT2D eigenvalue weighted by Gasteiger charge is 2.12. The minimum absolute atomic E-state index is 0.350. The quantitative estimate of drug-likeness (QED) is 0.653. The van der Waals surface area contributed by atoms with Crippen molar-refractivity contribution in [2.24, 2.45) is 0 Å². The standard InChI is InChI=1S/C16H18N2O3/c1-20-14-9-4-3-6-11(14)10-18-13-8-5-7-12(15(13)17)16(19)21-2/h3-9,18H,10,17H2,1-2H3. The molecule has 0 radical (unpaired) electrons. The fourth-order valence-corrected chi connectivity index (χ4v) is 2.05. The van der Waals surface area contributed by atoms with Gasteiger partial charge >= 0.3 is 5.97 Å². The van der Waals surface area contributed by atoms with Gasteiger partial charge in [-0.25, -0.2) is 4.79 Å². The van der Waals surface area contributed by atoms with Gasteiger partial charge in [-0.2, -0.15) is 0 Å². The number of methoxy groups -OCH3 is 2. The Balaban J connectivity index is 2.19. The van der Waals surface area contributed by atoms with Gasteiger partial charge < -0.3 is 20.5 Å². The number of hydrogen-bond donors (Lipinski definition) is 2. The highest BCUT2D eigenvalue weighted by Crippen LogP contribution is 2.25. The number of nitrogen functional groups attached to an aromatic ring is 1. The summed E-state index contributed by atoms with van der Waals surface area (Å²) in [5.41, 5.74) is 8.41. The molecule has 5 nitrogen and oxygen atoms in total. The van der Waals surface area contributed by atoms with Gasteiger partial charge in [-0.3, -0.25) is 0 Å². The van der Waals surface area contributed by atoms with Crippen molar-refractivity contribution < 1.29 is 14.3 Å². The van der Waals surface area contributed by atoms with Gasteiger partial charge in [-0.15, -0.1) is 0 Å². The molecule has 2 rings (SSSR count). The molecule has 0 amide bonds. The van der Waals surface area contributed by atoms with Gasteiger partial charge in [-0.1, -0.05) is 24.3 Å². The Morgan fingerprint density at radius 2 is 1.90 bits per heavy atom. The van der Waals surface area contributed by atoms with E-state index in [2.05, 4.69) is 5.32 Å². The maximum atomic E-state index is 11.6. The average Bonchev–Trinajstić information content (AvgIpc) is 2.53. The highest BCUT2D eigenvalue weighted by molar-refractivity contribution is 5.98. The maximum Gasteiger partial charge on any atom is 0.340 e. The summed E-state index contributed by atoms with van der Waals surface area (Å²) < 4.78 is 10.0. The average molecular weight is 286 g/mol. The van der Waals surface area contributed by atoms with Crippen LogP contribution in [0.5, 0.6) is 5.75 Å². The number of rotatable bonds is 5. The van der Waals surface area contributed by atoms with E-state index in [0.717, 1.165) is 11.3 Å². The highest BCUT2D eigenvalue weighted by atomic mass is 16.5. The first kappa shape index (κ1) is 14.7. The van der Waals surface area contributed by atoms with E-state index in [9.17, 15) is 4.79 Å². The second-order valence-corrected chi connectivity index (χ2v) is 4.42. The van der Waals surface area contributed by atoms with Crippen molar-refractivity contribution in [3.63, 3.8) is 0 Å². The number of carbonyl (C=O) groups excluding carboxylic acids is 1. The van der Waals surface area contributed by atoms with Gasteiger partial charge in [0.1, 0.15) is 5.75 Å². The minimum Gasteiger partial charge on any atom is -0.496 e. The molecular formula is C16H18N2O3. The summed E-state index contributed by atoms with van der Waals surface area (Å²) in [4.78, 5) is 11.6. The molecule has 5 heteroatoms. The van der Waals surface area contributed by atoms with E-state index in [1.807, 2.05) is 30.3 Å². The SMILES string of the molecule is COC(=O)c1cccc(NCc2ccccc2OC)c1N. The van der Waals surface area contributed by atoms with Gasteiger partial charge in [0.2, 0.25) is 0 Å². The Morgan fingerprint density at radius 1 is 1.14 bits per heavy atom. The molecule has 21 heavy (non-hydrogen) atoms. The summed E-state index contributed by atoms with van der Waals surface area (Å²) in [7, 11) is 2.96. The van der Waals surface area contributed by atoms with Crippen molar-refractivity contribution in [3.05, 3.63) is 53.6 Å². The molecule has 0 bridgehead atoms. The van der Waals surface area contributed by atoms with Crippen molar-refractivity contribution in [2.45, 2.75) is 6.54 Å².